The van der Waals surface area contributed by atoms with Crippen LogP contribution in [0.5, 0.6) is 0 Å². The molecular weight excluding hydrogens is 973 g/mol. The van der Waals surface area contributed by atoms with Crippen LogP contribution >= 0.6 is 0 Å². The second-order valence-corrected chi connectivity index (χ2v) is 23.6. The van der Waals surface area contributed by atoms with Crippen molar-refractivity contribution in [2.24, 2.45) is 0 Å². The van der Waals surface area contributed by atoms with Crippen molar-refractivity contribution in [3.63, 3.8) is 0 Å². The molecule has 0 aliphatic heterocycles. The van der Waals surface area contributed by atoms with E-state index in [0.29, 0.717) is 22.3 Å². The van der Waals surface area contributed by atoms with Gasteiger partial charge in [-0.25, -0.2) is 0 Å². The number of benzene rings is 3. The van der Waals surface area contributed by atoms with Crippen LogP contribution in [0.2, 0.25) is 0 Å². The minimum atomic E-state index is -0.625. The van der Waals surface area contributed by atoms with E-state index in [2.05, 4.69) is 52.0 Å². The summed E-state index contributed by atoms with van der Waals surface area (Å²) >= 11 is -0.574. The van der Waals surface area contributed by atoms with Gasteiger partial charge in [-0.3, -0.25) is 0 Å². The first-order chi connectivity index (χ1) is 33.5. The molecule has 0 amide bonds. The fraction of sp³-hybridized carbons (Fsp3) is 0.700. The Balaban J connectivity index is 1.34. The Morgan fingerprint density at radius 2 is 0.603 bits per heavy atom. The molecule has 0 bridgehead atoms. The molecule has 2 aliphatic rings. The summed E-state index contributed by atoms with van der Waals surface area (Å²) in [5, 5.41) is 0. The van der Waals surface area contributed by atoms with Crippen LogP contribution in [0.3, 0.4) is 0 Å². The minimum absolute atomic E-state index is 0.168. The van der Waals surface area contributed by atoms with Crippen molar-refractivity contribution in [1.82, 2.24) is 15.9 Å². The number of hydrogen-bond acceptors (Lipinski definition) is 4. The number of rotatable bonds is 36. The quantitative estimate of drug-likeness (QED) is 0.0296. The van der Waals surface area contributed by atoms with Crippen molar-refractivity contribution in [3.8, 4) is 22.3 Å². The van der Waals surface area contributed by atoms with E-state index in [9.17, 15) is 0 Å². The summed E-state index contributed by atoms with van der Waals surface area (Å²) in [6.45, 7) is 9.13. The van der Waals surface area contributed by atoms with Gasteiger partial charge in [-0.05, 0) is 0 Å². The van der Waals surface area contributed by atoms with E-state index in [1.54, 1.807) is 0 Å². The Hall–Kier alpha value is -2.24. The first-order valence-electron chi connectivity index (χ1n) is 28.6. The SMILES string of the molecule is CCCCCCCCCCC1(CCCCCCCCCC)c2ccc3n[se]nc3c2-c2c(F)c3c(c(F)c21)-c1c(ccc2n[se]nc12)C3(CCCCCCCCCC)CCCCCCCCCC. The summed E-state index contributed by atoms with van der Waals surface area (Å²) in [4.78, 5) is 0. The average Bonchev–Trinajstić information content (AvgIpc) is 4.15. The van der Waals surface area contributed by atoms with Gasteiger partial charge in [0.25, 0.3) is 0 Å². The number of unbranched alkanes of at least 4 members (excludes halogenated alkanes) is 28. The molecule has 68 heavy (non-hydrogen) atoms. The Morgan fingerprint density at radius 3 is 0.882 bits per heavy atom. The maximum atomic E-state index is 19.4. The summed E-state index contributed by atoms with van der Waals surface area (Å²) in [6.07, 6.45) is 42.3. The van der Waals surface area contributed by atoms with Crippen LogP contribution in [0.4, 0.5) is 8.78 Å². The smallest absolute Gasteiger partial charge is 0.0654 e. The summed E-state index contributed by atoms with van der Waals surface area (Å²) in [5.41, 5.74) is 8.43. The zero-order valence-electron chi connectivity index (χ0n) is 43.1. The molecule has 7 rings (SSSR count). The molecule has 0 atom stereocenters. The molecule has 0 fully saturated rings. The van der Waals surface area contributed by atoms with Gasteiger partial charge in [0.1, 0.15) is 0 Å². The molecule has 0 saturated heterocycles. The maximum absolute atomic E-state index is 19.4. The van der Waals surface area contributed by atoms with Crippen LogP contribution < -0.4 is 0 Å². The zero-order chi connectivity index (χ0) is 47.6. The van der Waals surface area contributed by atoms with Gasteiger partial charge in [0.05, 0.1) is 0 Å². The molecule has 0 spiro atoms. The summed E-state index contributed by atoms with van der Waals surface area (Å²) in [6, 6.07) is 8.75. The standard InChI is InChI=1S/C60H88F2N4Se2/c1-5-9-13-17-21-25-29-33-41-59(42-34-30-26-22-18-14-10-6-2)45-37-39-47-57(65-67-63-47)49(45)51-53(59)55(61)52-50-46(38-40-48-58(50)66-68-64-48)60(54(52)56(51)62,43-35-31-27-23-19-15-11-7-3)44-36-32-28-24-20-16-12-8-4/h37-40H,5-36,41-44H2,1-4H3. The van der Waals surface area contributed by atoms with Crippen LogP contribution in [0.1, 0.15) is 281 Å². The van der Waals surface area contributed by atoms with Crippen LogP contribution in [0.25, 0.3) is 44.3 Å². The van der Waals surface area contributed by atoms with Crippen molar-refractivity contribution < 1.29 is 8.78 Å². The van der Waals surface area contributed by atoms with Gasteiger partial charge in [0.15, 0.2) is 0 Å². The second kappa shape index (κ2) is 27.5. The second-order valence-electron chi connectivity index (χ2n) is 21.4. The van der Waals surface area contributed by atoms with E-state index in [1.165, 1.54) is 154 Å². The van der Waals surface area contributed by atoms with Gasteiger partial charge in [0, 0.05) is 0 Å². The van der Waals surface area contributed by atoms with Crippen LogP contribution in [0.15, 0.2) is 24.3 Å². The summed E-state index contributed by atoms with van der Waals surface area (Å²) in [7, 11) is 0. The van der Waals surface area contributed by atoms with Gasteiger partial charge in [0.2, 0.25) is 0 Å². The molecule has 2 heterocycles. The van der Waals surface area contributed by atoms with Crippen molar-refractivity contribution in [2.75, 3.05) is 0 Å². The van der Waals surface area contributed by atoms with Gasteiger partial charge in [-0.2, -0.15) is 0 Å². The summed E-state index contributed by atoms with van der Waals surface area (Å²) in [5.74, 6) is -0.335. The Bertz CT molecular complexity index is 2090. The van der Waals surface area contributed by atoms with E-state index in [-0.39, 0.29) is 41.6 Å². The first-order valence-corrected chi connectivity index (χ1v) is 31.6. The number of aromatic nitrogens is 4. The molecule has 0 saturated carbocycles. The van der Waals surface area contributed by atoms with E-state index < -0.39 is 10.8 Å². The third-order valence-corrected chi connectivity index (χ3v) is 18.8. The first kappa shape index (κ1) is 53.6. The number of halogens is 2. The van der Waals surface area contributed by atoms with E-state index in [1.807, 2.05) is 0 Å². The molecular formula is C60H88F2N4Se2. The van der Waals surface area contributed by atoms with Gasteiger partial charge in [-0.15, -0.1) is 0 Å². The molecule has 0 N–H and O–H groups in total. The van der Waals surface area contributed by atoms with E-state index in [0.717, 1.165) is 121 Å². The topological polar surface area (TPSA) is 51.6 Å². The molecule has 8 heteroatoms. The van der Waals surface area contributed by atoms with Crippen molar-refractivity contribution in [1.29, 1.82) is 0 Å². The summed E-state index contributed by atoms with van der Waals surface area (Å²) < 4.78 is 58.6. The normalized spacial score (nSPS) is 14.3. The fourth-order valence-electron chi connectivity index (χ4n) is 12.9. The van der Waals surface area contributed by atoms with Crippen molar-refractivity contribution >= 4 is 52.0 Å². The van der Waals surface area contributed by atoms with E-state index >= 15 is 8.78 Å². The van der Waals surface area contributed by atoms with Gasteiger partial charge in [-0.1, -0.05) is 79.1 Å². The minimum Gasteiger partial charge on any atom is -0.0654 e. The average molecular weight is 1060 g/mol. The van der Waals surface area contributed by atoms with Crippen molar-refractivity contribution in [2.45, 2.75) is 270 Å². The number of fused-ring (bicyclic) bond motifs is 10. The van der Waals surface area contributed by atoms with Crippen LogP contribution in [0, 0.1) is 11.6 Å². The third kappa shape index (κ3) is 12.2. The fourth-order valence-corrected chi connectivity index (χ4v) is 15.1. The molecule has 0 unspecified atom stereocenters. The molecule has 374 valence electrons. The molecule has 5 aromatic rings. The van der Waals surface area contributed by atoms with Crippen molar-refractivity contribution in [3.05, 3.63) is 58.2 Å². The molecule has 4 nitrogen and oxygen atoms in total. The molecule has 3 aromatic carbocycles. The molecule has 2 aliphatic carbocycles. The monoisotopic (exact) mass is 1060 g/mol. The number of nitrogens with zero attached hydrogens (tertiary/aromatic N) is 4. The van der Waals surface area contributed by atoms with Crippen LogP contribution in [-0.2, 0) is 10.8 Å². The number of hydrogen-bond donors (Lipinski definition) is 0. The predicted molar refractivity (Wildman–Crippen MR) is 288 cm³/mol. The Labute approximate surface area is 424 Å². The Kier molecular flexibility index (Phi) is 21.7. The predicted octanol–water partition coefficient (Wildman–Crippen LogP) is 18.6. The van der Waals surface area contributed by atoms with E-state index in [4.69, 9.17) is 15.9 Å². The third-order valence-electron chi connectivity index (χ3n) is 16.6. The van der Waals surface area contributed by atoms with Crippen LogP contribution in [-0.4, -0.2) is 45.8 Å². The molecule has 2 aromatic heterocycles. The zero-order valence-corrected chi connectivity index (χ0v) is 46.6. The van der Waals surface area contributed by atoms with Gasteiger partial charge < -0.3 is 0 Å². The van der Waals surface area contributed by atoms with Gasteiger partial charge >= 0.3 is 348 Å². The molecule has 0 radical (unpaired) electrons. The Morgan fingerprint density at radius 1 is 0.338 bits per heavy atom.